The van der Waals surface area contributed by atoms with E-state index in [-0.39, 0.29) is 11.7 Å². The van der Waals surface area contributed by atoms with Crippen molar-refractivity contribution in [3.05, 3.63) is 66.0 Å². The van der Waals surface area contributed by atoms with Crippen molar-refractivity contribution in [2.24, 2.45) is 16.6 Å². The van der Waals surface area contributed by atoms with Crippen molar-refractivity contribution in [1.82, 2.24) is 10.4 Å². The molecule has 1 amide bonds. The minimum Gasteiger partial charge on any atom is -0.380 e. The van der Waals surface area contributed by atoms with Gasteiger partial charge in [0.05, 0.1) is 6.04 Å². The second-order valence-corrected chi connectivity index (χ2v) is 4.82. The lowest BCUT2D eigenvalue weighted by molar-refractivity contribution is -0.122. The highest BCUT2D eigenvalue weighted by Crippen LogP contribution is 2.04. The van der Waals surface area contributed by atoms with Gasteiger partial charge in [0.1, 0.15) is 5.69 Å². The lowest BCUT2D eigenvalue weighted by Gasteiger charge is -2.10. The Labute approximate surface area is 129 Å². The molecular weight excluding hydrogens is 278 g/mol. The monoisotopic (exact) mass is 297 g/mol. The summed E-state index contributed by atoms with van der Waals surface area (Å²) in [4.78, 5) is 15.9. The van der Waals surface area contributed by atoms with E-state index in [4.69, 9.17) is 11.5 Å². The molecule has 1 atom stereocenters. The first kappa shape index (κ1) is 15.7. The molecule has 22 heavy (non-hydrogen) atoms. The van der Waals surface area contributed by atoms with Crippen molar-refractivity contribution in [3.63, 3.8) is 0 Å². The molecule has 0 aliphatic carbocycles. The van der Waals surface area contributed by atoms with E-state index in [0.717, 1.165) is 12.0 Å². The fourth-order valence-corrected chi connectivity index (χ4v) is 1.87. The maximum absolute atomic E-state index is 11.9. The van der Waals surface area contributed by atoms with Gasteiger partial charge in [-0.1, -0.05) is 36.4 Å². The van der Waals surface area contributed by atoms with Gasteiger partial charge in [-0.2, -0.15) is 5.10 Å². The molecule has 114 valence electrons. The predicted molar refractivity (Wildman–Crippen MR) is 85.8 cm³/mol. The summed E-state index contributed by atoms with van der Waals surface area (Å²) in [5, 5.41) is 3.82. The third-order valence-corrected chi connectivity index (χ3v) is 3.14. The number of rotatable bonds is 6. The quantitative estimate of drug-likeness (QED) is 0.416. The highest BCUT2D eigenvalue weighted by Gasteiger charge is 2.13. The van der Waals surface area contributed by atoms with Crippen molar-refractivity contribution in [2.75, 3.05) is 0 Å². The molecule has 6 heteroatoms. The van der Waals surface area contributed by atoms with E-state index in [2.05, 4.69) is 15.5 Å². The fraction of sp³-hybridized carbons (Fsp3) is 0.188. The van der Waals surface area contributed by atoms with Gasteiger partial charge in [0.25, 0.3) is 5.91 Å². The molecule has 0 saturated heterocycles. The van der Waals surface area contributed by atoms with Crippen LogP contribution in [0.3, 0.4) is 0 Å². The van der Waals surface area contributed by atoms with Gasteiger partial charge >= 0.3 is 0 Å². The molecule has 1 aromatic carbocycles. The van der Waals surface area contributed by atoms with Gasteiger partial charge in [-0.05, 0) is 30.5 Å². The van der Waals surface area contributed by atoms with Crippen LogP contribution in [-0.4, -0.2) is 22.8 Å². The Balaban J connectivity index is 1.84. The zero-order valence-corrected chi connectivity index (χ0v) is 12.1. The molecule has 0 aliphatic heterocycles. The molecule has 0 unspecified atom stereocenters. The topological polar surface area (TPSA) is 106 Å². The van der Waals surface area contributed by atoms with Gasteiger partial charge in [0, 0.05) is 6.20 Å². The minimum atomic E-state index is -0.638. The van der Waals surface area contributed by atoms with Crippen molar-refractivity contribution in [2.45, 2.75) is 18.9 Å². The number of pyridine rings is 1. The molecule has 0 saturated carbocycles. The molecular formula is C16H19N5O. The Morgan fingerprint density at radius 1 is 1.18 bits per heavy atom. The maximum Gasteiger partial charge on any atom is 0.257 e. The number of hydrazone groups is 1. The number of hydrogen-bond donors (Lipinski definition) is 3. The second-order valence-electron chi connectivity index (χ2n) is 4.82. The number of nitrogens with one attached hydrogen (secondary N) is 1. The molecule has 1 aromatic heterocycles. The number of nitrogens with zero attached hydrogens (tertiary/aromatic N) is 2. The number of aryl methyl sites for hydroxylation is 1. The first-order chi connectivity index (χ1) is 10.7. The van der Waals surface area contributed by atoms with E-state index < -0.39 is 6.04 Å². The second kappa shape index (κ2) is 7.90. The van der Waals surface area contributed by atoms with Gasteiger partial charge in [0.2, 0.25) is 0 Å². The summed E-state index contributed by atoms with van der Waals surface area (Å²) in [6.07, 6.45) is 2.87. The van der Waals surface area contributed by atoms with Crippen LogP contribution in [0.25, 0.3) is 0 Å². The largest absolute Gasteiger partial charge is 0.380 e. The Morgan fingerprint density at radius 3 is 2.59 bits per heavy atom. The Kier molecular flexibility index (Phi) is 5.62. The number of hydrogen-bond acceptors (Lipinski definition) is 4. The summed E-state index contributed by atoms with van der Waals surface area (Å²) >= 11 is 0. The normalized spacial score (nSPS) is 12.7. The van der Waals surface area contributed by atoms with Gasteiger partial charge in [-0.15, -0.1) is 0 Å². The zero-order chi connectivity index (χ0) is 15.8. The number of carbonyl (C=O) groups excluding carboxylic acids is 1. The van der Waals surface area contributed by atoms with Crippen LogP contribution >= 0.6 is 0 Å². The highest BCUT2D eigenvalue weighted by molar-refractivity contribution is 5.96. The molecule has 0 fully saturated rings. The summed E-state index contributed by atoms with van der Waals surface area (Å²) in [6, 6.07) is 14.5. The lowest BCUT2D eigenvalue weighted by atomic mass is 10.1. The summed E-state index contributed by atoms with van der Waals surface area (Å²) in [5.41, 5.74) is 15.6. The molecule has 0 radical (unpaired) electrons. The number of amides is 1. The van der Waals surface area contributed by atoms with E-state index in [1.807, 2.05) is 30.3 Å². The van der Waals surface area contributed by atoms with Crippen molar-refractivity contribution < 1.29 is 4.79 Å². The van der Waals surface area contributed by atoms with E-state index >= 15 is 0 Å². The van der Waals surface area contributed by atoms with E-state index in [1.165, 1.54) is 0 Å². The smallest absolute Gasteiger partial charge is 0.257 e. The molecule has 5 N–H and O–H groups in total. The van der Waals surface area contributed by atoms with Crippen molar-refractivity contribution in [1.29, 1.82) is 0 Å². The summed E-state index contributed by atoms with van der Waals surface area (Å²) < 4.78 is 0. The average molecular weight is 297 g/mol. The van der Waals surface area contributed by atoms with E-state index in [9.17, 15) is 4.79 Å². The summed E-state index contributed by atoms with van der Waals surface area (Å²) in [7, 11) is 0. The zero-order valence-electron chi connectivity index (χ0n) is 12.1. The first-order valence-electron chi connectivity index (χ1n) is 7.00. The van der Waals surface area contributed by atoms with Gasteiger partial charge in [-0.3, -0.25) is 9.78 Å². The van der Waals surface area contributed by atoms with Crippen LogP contribution in [0, 0.1) is 0 Å². The van der Waals surface area contributed by atoms with Crippen LogP contribution in [0.5, 0.6) is 0 Å². The number of benzene rings is 1. The standard InChI is InChI=1S/C16H19N5O/c17-13(10-9-12-6-2-1-3-7-12)16(22)21-20-15(18)14-8-4-5-11-19-14/h1-8,11,13H,9-10,17H2,(H2,18,20)(H,21,22)/t13-/m1/s1. The fourth-order valence-electron chi connectivity index (χ4n) is 1.87. The predicted octanol–water partition coefficient (Wildman–Crippen LogP) is 0.778. The van der Waals surface area contributed by atoms with Gasteiger partial charge < -0.3 is 11.5 Å². The molecule has 6 nitrogen and oxygen atoms in total. The number of aromatic nitrogens is 1. The molecule has 0 spiro atoms. The molecule has 1 heterocycles. The maximum atomic E-state index is 11.9. The molecule has 2 rings (SSSR count). The van der Waals surface area contributed by atoms with Crippen molar-refractivity contribution >= 4 is 11.7 Å². The van der Waals surface area contributed by atoms with Crippen molar-refractivity contribution in [3.8, 4) is 0 Å². The lowest BCUT2D eigenvalue weighted by Crippen LogP contribution is -2.39. The van der Waals surface area contributed by atoms with Crippen LogP contribution in [0.15, 0.2) is 59.8 Å². The van der Waals surface area contributed by atoms with E-state index in [0.29, 0.717) is 12.1 Å². The van der Waals surface area contributed by atoms with Gasteiger partial charge in [-0.25, -0.2) is 5.43 Å². The van der Waals surface area contributed by atoms with E-state index in [1.54, 1.807) is 24.4 Å². The minimum absolute atomic E-state index is 0.143. The average Bonchev–Trinajstić information content (AvgIpc) is 2.58. The van der Waals surface area contributed by atoms with Crippen LogP contribution < -0.4 is 16.9 Å². The summed E-state index contributed by atoms with van der Waals surface area (Å²) in [6.45, 7) is 0. The highest BCUT2D eigenvalue weighted by atomic mass is 16.2. The Hall–Kier alpha value is -2.73. The Morgan fingerprint density at radius 2 is 1.91 bits per heavy atom. The first-order valence-corrected chi connectivity index (χ1v) is 7.00. The number of amidine groups is 1. The molecule has 0 aliphatic rings. The third kappa shape index (κ3) is 4.68. The number of carbonyl (C=O) groups is 1. The van der Waals surface area contributed by atoms with Gasteiger partial charge in [0.15, 0.2) is 5.84 Å². The van der Waals surface area contributed by atoms with Crippen LogP contribution in [-0.2, 0) is 11.2 Å². The van der Waals surface area contributed by atoms with Crippen LogP contribution in [0.4, 0.5) is 0 Å². The number of nitrogens with two attached hydrogens (primary N) is 2. The molecule has 2 aromatic rings. The third-order valence-electron chi connectivity index (χ3n) is 3.14. The SMILES string of the molecule is N/C(=N\NC(=O)[C@H](N)CCc1ccccc1)c1ccccn1. The summed E-state index contributed by atoms with van der Waals surface area (Å²) in [5.74, 6) is -0.223. The molecule has 0 bridgehead atoms. The Bertz CT molecular complexity index is 627. The van der Waals surface area contributed by atoms with Crippen LogP contribution in [0.2, 0.25) is 0 Å². The van der Waals surface area contributed by atoms with Crippen LogP contribution in [0.1, 0.15) is 17.7 Å².